The Labute approximate surface area is 117 Å². The number of pyridine rings is 1. The summed E-state index contributed by atoms with van der Waals surface area (Å²) < 4.78 is 0. The van der Waals surface area contributed by atoms with Gasteiger partial charge in [-0.15, -0.1) is 0 Å². The number of hydrogen-bond acceptors (Lipinski definition) is 4. The molecule has 1 heterocycles. The van der Waals surface area contributed by atoms with Crippen LogP contribution in [-0.2, 0) is 0 Å². The molecule has 2 aromatic rings. The van der Waals surface area contributed by atoms with Gasteiger partial charge in [-0.05, 0) is 26.0 Å². The van der Waals surface area contributed by atoms with Crippen molar-refractivity contribution in [2.45, 2.75) is 26.0 Å². The number of aryl methyl sites for hydroxylation is 1. The van der Waals surface area contributed by atoms with E-state index in [0.717, 1.165) is 16.6 Å². The molecule has 1 aromatic heterocycles. The van der Waals surface area contributed by atoms with Crippen molar-refractivity contribution in [3.05, 3.63) is 41.6 Å². The number of nitrogens with two attached hydrogens (primary N) is 1. The first-order valence-electron chi connectivity index (χ1n) is 6.57. The van der Waals surface area contributed by atoms with Gasteiger partial charge in [-0.2, -0.15) is 0 Å². The minimum Gasteiger partial charge on any atom is -0.392 e. The van der Waals surface area contributed by atoms with E-state index in [9.17, 15) is 9.90 Å². The molecule has 2 rings (SSSR count). The Hall–Kier alpha value is -1.98. The highest BCUT2D eigenvalue weighted by atomic mass is 16.3. The summed E-state index contributed by atoms with van der Waals surface area (Å²) in [7, 11) is 0. The lowest BCUT2D eigenvalue weighted by atomic mass is 10.1. The van der Waals surface area contributed by atoms with Crippen LogP contribution in [-0.4, -0.2) is 34.7 Å². The third-order valence-corrected chi connectivity index (χ3v) is 3.21. The Morgan fingerprint density at radius 1 is 1.45 bits per heavy atom. The van der Waals surface area contributed by atoms with Crippen LogP contribution in [0.4, 0.5) is 0 Å². The average Bonchev–Trinajstić information content (AvgIpc) is 2.43. The standard InChI is InChI=1S/C15H19N3O2/c1-9-7-12(11-5-3-4-6-14(11)18-9)15(20)17-8-13(16)10(2)19/h3-7,10,13,19H,8,16H2,1-2H3,(H,17,20). The molecule has 0 spiro atoms. The highest BCUT2D eigenvalue weighted by Gasteiger charge is 2.14. The lowest BCUT2D eigenvalue weighted by Crippen LogP contribution is -2.43. The zero-order valence-corrected chi connectivity index (χ0v) is 11.6. The van der Waals surface area contributed by atoms with E-state index in [-0.39, 0.29) is 12.5 Å². The predicted molar refractivity (Wildman–Crippen MR) is 78.5 cm³/mol. The lowest BCUT2D eigenvalue weighted by Gasteiger charge is -2.16. The van der Waals surface area contributed by atoms with Crippen LogP contribution in [0.15, 0.2) is 30.3 Å². The number of aromatic nitrogens is 1. The number of nitrogens with one attached hydrogen (secondary N) is 1. The van der Waals surface area contributed by atoms with E-state index in [2.05, 4.69) is 10.3 Å². The summed E-state index contributed by atoms with van der Waals surface area (Å²) in [6.45, 7) is 3.68. The van der Waals surface area contributed by atoms with E-state index in [1.807, 2.05) is 31.2 Å². The molecule has 0 bridgehead atoms. The van der Waals surface area contributed by atoms with Gasteiger partial charge in [0.25, 0.3) is 5.91 Å². The monoisotopic (exact) mass is 273 g/mol. The minimum atomic E-state index is -0.661. The quantitative estimate of drug-likeness (QED) is 0.775. The first-order chi connectivity index (χ1) is 9.49. The van der Waals surface area contributed by atoms with Crippen LogP contribution in [0.5, 0.6) is 0 Å². The Kier molecular flexibility index (Phi) is 4.32. The SMILES string of the molecule is Cc1cc(C(=O)NCC(N)C(C)O)c2ccccc2n1. The molecule has 20 heavy (non-hydrogen) atoms. The Balaban J connectivity index is 2.26. The van der Waals surface area contributed by atoms with Crippen molar-refractivity contribution in [2.24, 2.45) is 5.73 Å². The second-order valence-electron chi connectivity index (χ2n) is 4.94. The number of aliphatic hydroxyl groups excluding tert-OH is 1. The van der Waals surface area contributed by atoms with Crippen molar-refractivity contribution in [1.29, 1.82) is 0 Å². The lowest BCUT2D eigenvalue weighted by molar-refractivity contribution is 0.0939. The predicted octanol–water partition coefficient (Wildman–Crippen LogP) is 0.981. The van der Waals surface area contributed by atoms with Gasteiger partial charge in [0.1, 0.15) is 0 Å². The summed E-state index contributed by atoms with van der Waals surface area (Å²) in [6.07, 6.45) is -0.661. The van der Waals surface area contributed by atoms with Crippen molar-refractivity contribution in [3.63, 3.8) is 0 Å². The molecule has 0 saturated carbocycles. The minimum absolute atomic E-state index is 0.206. The molecular weight excluding hydrogens is 254 g/mol. The van der Waals surface area contributed by atoms with E-state index in [0.29, 0.717) is 5.56 Å². The first-order valence-corrected chi connectivity index (χ1v) is 6.57. The summed E-state index contributed by atoms with van der Waals surface area (Å²) >= 11 is 0. The normalized spacial score (nSPS) is 14.0. The van der Waals surface area contributed by atoms with Crippen molar-refractivity contribution in [1.82, 2.24) is 10.3 Å². The van der Waals surface area contributed by atoms with Gasteiger partial charge < -0.3 is 16.2 Å². The maximum atomic E-state index is 12.3. The molecule has 5 nitrogen and oxygen atoms in total. The van der Waals surface area contributed by atoms with Gasteiger partial charge in [-0.25, -0.2) is 0 Å². The molecule has 0 aliphatic rings. The molecule has 0 aliphatic heterocycles. The van der Waals surface area contributed by atoms with Crippen LogP contribution in [0, 0.1) is 6.92 Å². The zero-order chi connectivity index (χ0) is 14.7. The first kappa shape index (κ1) is 14.4. The van der Waals surface area contributed by atoms with Crippen LogP contribution >= 0.6 is 0 Å². The maximum absolute atomic E-state index is 12.3. The van der Waals surface area contributed by atoms with E-state index < -0.39 is 12.1 Å². The zero-order valence-electron chi connectivity index (χ0n) is 11.6. The summed E-state index contributed by atoms with van der Waals surface area (Å²) in [6, 6.07) is 8.78. The van der Waals surface area contributed by atoms with Crippen LogP contribution in [0.1, 0.15) is 23.0 Å². The summed E-state index contributed by atoms with van der Waals surface area (Å²) in [5.74, 6) is -0.206. The third kappa shape index (κ3) is 3.12. The maximum Gasteiger partial charge on any atom is 0.252 e. The Bertz CT molecular complexity index is 626. The van der Waals surface area contributed by atoms with Crippen LogP contribution in [0.3, 0.4) is 0 Å². The van der Waals surface area contributed by atoms with Gasteiger partial charge in [0.15, 0.2) is 0 Å². The second-order valence-corrected chi connectivity index (χ2v) is 4.94. The molecule has 2 unspecified atom stereocenters. The number of rotatable bonds is 4. The number of nitrogens with zero attached hydrogens (tertiary/aromatic N) is 1. The van der Waals surface area contributed by atoms with Gasteiger partial charge in [-0.3, -0.25) is 9.78 Å². The Morgan fingerprint density at radius 3 is 2.85 bits per heavy atom. The topological polar surface area (TPSA) is 88.2 Å². The van der Waals surface area contributed by atoms with Crippen molar-refractivity contribution in [2.75, 3.05) is 6.54 Å². The van der Waals surface area contributed by atoms with Crippen LogP contribution in [0.2, 0.25) is 0 Å². The molecule has 5 heteroatoms. The highest BCUT2D eigenvalue weighted by molar-refractivity contribution is 6.06. The van der Waals surface area contributed by atoms with E-state index >= 15 is 0 Å². The summed E-state index contributed by atoms with van der Waals surface area (Å²) in [4.78, 5) is 16.7. The van der Waals surface area contributed by atoms with Crippen LogP contribution in [0.25, 0.3) is 10.9 Å². The number of carbonyl (C=O) groups excluding carboxylic acids is 1. The summed E-state index contributed by atoms with van der Waals surface area (Å²) in [5, 5.41) is 12.9. The van der Waals surface area contributed by atoms with E-state index in [4.69, 9.17) is 5.73 Å². The number of amides is 1. The van der Waals surface area contributed by atoms with Crippen molar-refractivity contribution >= 4 is 16.8 Å². The number of benzene rings is 1. The molecule has 0 radical (unpaired) electrons. The fourth-order valence-corrected chi connectivity index (χ4v) is 1.97. The number of hydrogen-bond donors (Lipinski definition) is 3. The third-order valence-electron chi connectivity index (χ3n) is 3.21. The molecule has 2 atom stereocenters. The number of fused-ring (bicyclic) bond motifs is 1. The number of para-hydroxylation sites is 1. The molecule has 0 fully saturated rings. The van der Waals surface area contributed by atoms with Gasteiger partial charge >= 0.3 is 0 Å². The molecule has 1 aromatic carbocycles. The van der Waals surface area contributed by atoms with Crippen molar-refractivity contribution in [3.8, 4) is 0 Å². The fourth-order valence-electron chi connectivity index (χ4n) is 1.97. The molecule has 1 amide bonds. The smallest absolute Gasteiger partial charge is 0.252 e. The van der Waals surface area contributed by atoms with E-state index in [1.54, 1.807) is 13.0 Å². The molecule has 4 N–H and O–H groups in total. The van der Waals surface area contributed by atoms with E-state index in [1.165, 1.54) is 0 Å². The second kappa shape index (κ2) is 5.98. The molecule has 106 valence electrons. The number of aliphatic hydroxyl groups is 1. The average molecular weight is 273 g/mol. The highest BCUT2D eigenvalue weighted by Crippen LogP contribution is 2.18. The molecule has 0 aliphatic carbocycles. The number of carbonyl (C=O) groups is 1. The van der Waals surface area contributed by atoms with Gasteiger partial charge in [0.2, 0.25) is 0 Å². The Morgan fingerprint density at radius 2 is 2.15 bits per heavy atom. The van der Waals surface area contributed by atoms with Gasteiger partial charge in [0, 0.05) is 23.7 Å². The van der Waals surface area contributed by atoms with Crippen LogP contribution < -0.4 is 11.1 Å². The van der Waals surface area contributed by atoms with Gasteiger partial charge in [0.05, 0.1) is 17.2 Å². The van der Waals surface area contributed by atoms with Gasteiger partial charge in [-0.1, -0.05) is 18.2 Å². The van der Waals surface area contributed by atoms with Crippen molar-refractivity contribution < 1.29 is 9.90 Å². The molecular formula is C15H19N3O2. The molecule has 0 saturated heterocycles. The largest absolute Gasteiger partial charge is 0.392 e. The summed E-state index contributed by atoms with van der Waals surface area (Å²) in [5.41, 5.74) is 7.86. The fraction of sp³-hybridized carbons (Fsp3) is 0.333.